The molecule has 0 spiro atoms. The maximum Gasteiger partial charge on any atom is 0.195 e. The monoisotopic (exact) mass is 349 g/mol. The van der Waals surface area contributed by atoms with E-state index in [2.05, 4.69) is 22.5 Å². The Hall–Kier alpha value is -1.79. The summed E-state index contributed by atoms with van der Waals surface area (Å²) in [5.41, 5.74) is 0.959. The predicted molar refractivity (Wildman–Crippen MR) is 102 cm³/mol. The first kappa shape index (κ1) is 19.5. The summed E-state index contributed by atoms with van der Waals surface area (Å²) < 4.78 is 16.4. The van der Waals surface area contributed by atoms with E-state index in [1.807, 2.05) is 24.3 Å². The third kappa shape index (κ3) is 7.75. The molecule has 140 valence electrons. The molecule has 0 amide bonds. The number of hydrogen-bond donors (Lipinski definition) is 2. The van der Waals surface area contributed by atoms with Crippen molar-refractivity contribution >= 4 is 11.6 Å². The maximum absolute atomic E-state index is 5.74. The molecule has 2 rings (SSSR count). The second-order valence-electron chi connectivity index (χ2n) is 6.03. The summed E-state index contributed by atoms with van der Waals surface area (Å²) in [6.07, 6.45) is 4.54. The van der Waals surface area contributed by atoms with Crippen LogP contribution in [0.15, 0.2) is 29.3 Å². The lowest BCUT2D eigenvalue weighted by molar-refractivity contribution is 0.106. The highest BCUT2D eigenvalue weighted by atomic mass is 16.5. The van der Waals surface area contributed by atoms with Gasteiger partial charge in [0.1, 0.15) is 5.75 Å². The lowest BCUT2D eigenvalue weighted by Gasteiger charge is -2.13. The van der Waals surface area contributed by atoms with Gasteiger partial charge in [-0.25, -0.2) is 0 Å². The Kier molecular flexibility index (Phi) is 9.15. The average Bonchev–Trinajstić information content (AvgIpc) is 3.13. The molecule has 0 saturated carbocycles. The molecule has 1 aromatic carbocycles. The normalized spacial score (nSPS) is 17.5. The van der Waals surface area contributed by atoms with E-state index in [1.165, 1.54) is 6.42 Å². The summed E-state index contributed by atoms with van der Waals surface area (Å²) in [6, 6.07) is 7.93. The first-order valence-electron chi connectivity index (χ1n) is 9.20. The van der Waals surface area contributed by atoms with Crippen LogP contribution in [0, 0.1) is 0 Å². The second kappa shape index (κ2) is 11.7. The van der Waals surface area contributed by atoms with Crippen LogP contribution in [0.25, 0.3) is 0 Å². The number of nitrogens with one attached hydrogen (secondary N) is 2. The maximum atomic E-state index is 5.74. The smallest absolute Gasteiger partial charge is 0.195 e. The molecule has 1 fully saturated rings. The van der Waals surface area contributed by atoms with Crippen LogP contribution in [0.5, 0.6) is 5.75 Å². The number of rotatable bonds is 10. The third-order valence-electron chi connectivity index (χ3n) is 3.95. The van der Waals surface area contributed by atoms with Gasteiger partial charge in [0, 0.05) is 51.6 Å². The van der Waals surface area contributed by atoms with Crippen LogP contribution in [0.3, 0.4) is 0 Å². The molecule has 1 atom stereocenters. The molecule has 25 heavy (non-hydrogen) atoms. The Balaban J connectivity index is 1.84. The molecule has 0 aliphatic carbocycles. The van der Waals surface area contributed by atoms with Crippen molar-refractivity contribution in [3.8, 4) is 5.75 Å². The van der Waals surface area contributed by atoms with Crippen molar-refractivity contribution in [2.45, 2.75) is 38.7 Å². The molecule has 6 nitrogen and oxygen atoms in total. The molecule has 0 bridgehead atoms. The standard InChI is InChI=1S/C19H31N3O3/c1-3-20-19(21-11-10-17-9-5-13-24-17)22-16-7-4-8-18(15-16)25-14-6-12-23-2/h4,7-8,15,17H,3,5-6,9-14H2,1-2H3,(H2,20,21,22). The van der Waals surface area contributed by atoms with Gasteiger partial charge in [0.25, 0.3) is 0 Å². The number of hydrogen-bond acceptors (Lipinski definition) is 4. The molecule has 1 aliphatic rings. The van der Waals surface area contributed by atoms with Gasteiger partial charge < -0.3 is 24.8 Å². The fraction of sp³-hybridized carbons (Fsp3) is 0.632. The van der Waals surface area contributed by atoms with Gasteiger partial charge in [-0.1, -0.05) is 6.07 Å². The summed E-state index contributed by atoms with van der Waals surface area (Å²) in [7, 11) is 1.70. The SMILES string of the molecule is CCNC(=NCCC1CCCO1)Nc1cccc(OCCCOC)c1. The van der Waals surface area contributed by atoms with Gasteiger partial charge in [0.15, 0.2) is 5.96 Å². The minimum Gasteiger partial charge on any atom is -0.493 e. The molecule has 1 aliphatic heterocycles. The molecule has 1 heterocycles. The van der Waals surface area contributed by atoms with E-state index in [0.29, 0.717) is 19.3 Å². The Morgan fingerprint density at radius 3 is 3.04 bits per heavy atom. The predicted octanol–water partition coefficient (Wildman–Crippen LogP) is 3.05. The van der Waals surface area contributed by atoms with Crippen molar-refractivity contribution in [2.24, 2.45) is 4.99 Å². The highest BCUT2D eigenvalue weighted by Gasteiger charge is 2.14. The molecule has 0 radical (unpaired) electrons. The van der Waals surface area contributed by atoms with Gasteiger partial charge in [-0.15, -0.1) is 0 Å². The van der Waals surface area contributed by atoms with E-state index < -0.39 is 0 Å². The Morgan fingerprint density at radius 2 is 2.28 bits per heavy atom. The van der Waals surface area contributed by atoms with Crippen LogP contribution in [-0.4, -0.2) is 52.1 Å². The number of guanidine groups is 1. The topological polar surface area (TPSA) is 64.1 Å². The van der Waals surface area contributed by atoms with Crippen molar-refractivity contribution in [1.82, 2.24) is 5.32 Å². The van der Waals surface area contributed by atoms with Gasteiger partial charge in [0.2, 0.25) is 0 Å². The minimum absolute atomic E-state index is 0.371. The van der Waals surface area contributed by atoms with Crippen molar-refractivity contribution < 1.29 is 14.2 Å². The van der Waals surface area contributed by atoms with Crippen molar-refractivity contribution in [2.75, 3.05) is 45.3 Å². The zero-order valence-corrected chi connectivity index (χ0v) is 15.4. The van der Waals surface area contributed by atoms with E-state index in [1.54, 1.807) is 7.11 Å². The quantitative estimate of drug-likeness (QED) is 0.386. The van der Waals surface area contributed by atoms with Crippen molar-refractivity contribution in [1.29, 1.82) is 0 Å². The summed E-state index contributed by atoms with van der Waals surface area (Å²) in [5, 5.41) is 6.62. The number of aliphatic imine (C=N–C) groups is 1. The zero-order chi connectivity index (χ0) is 17.7. The zero-order valence-electron chi connectivity index (χ0n) is 15.4. The van der Waals surface area contributed by atoms with E-state index in [-0.39, 0.29) is 0 Å². The second-order valence-corrected chi connectivity index (χ2v) is 6.03. The van der Waals surface area contributed by atoms with Gasteiger partial charge in [-0.05, 0) is 38.3 Å². The molecule has 1 unspecified atom stereocenters. The fourth-order valence-corrected chi connectivity index (χ4v) is 2.69. The highest BCUT2D eigenvalue weighted by Crippen LogP contribution is 2.18. The number of ether oxygens (including phenoxy) is 3. The molecular weight excluding hydrogens is 318 g/mol. The van der Waals surface area contributed by atoms with Crippen LogP contribution >= 0.6 is 0 Å². The Morgan fingerprint density at radius 1 is 1.36 bits per heavy atom. The van der Waals surface area contributed by atoms with Crippen LogP contribution in [-0.2, 0) is 9.47 Å². The van der Waals surface area contributed by atoms with Gasteiger partial charge in [-0.3, -0.25) is 4.99 Å². The Bertz CT molecular complexity index is 516. The number of nitrogens with zero attached hydrogens (tertiary/aromatic N) is 1. The highest BCUT2D eigenvalue weighted by molar-refractivity contribution is 5.93. The van der Waals surface area contributed by atoms with E-state index >= 15 is 0 Å². The number of methoxy groups -OCH3 is 1. The first-order chi connectivity index (χ1) is 12.3. The molecule has 6 heteroatoms. The third-order valence-corrected chi connectivity index (χ3v) is 3.95. The summed E-state index contributed by atoms with van der Waals surface area (Å²) in [5.74, 6) is 1.63. The summed E-state index contributed by atoms with van der Waals surface area (Å²) in [4.78, 5) is 4.65. The number of benzene rings is 1. The van der Waals surface area contributed by atoms with Crippen molar-refractivity contribution in [3.63, 3.8) is 0 Å². The number of anilines is 1. The average molecular weight is 349 g/mol. The lowest BCUT2D eigenvalue weighted by Crippen LogP contribution is -2.31. The van der Waals surface area contributed by atoms with E-state index in [4.69, 9.17) is 14.2 Å². The molecule has 1 saturated heterocycles. The molecule has 1 aromatic rings. The molecule has 2 N–H and O–H groups in total. The van der Waals surface area contributed by atoms with Gasteiger partial charge in [0.05, 0.1) is 12.7 Å². The van der Waals surface area contributed by atoms with Gasteiger partial charge >= 0.3 is 0 Å². The lowest BCUT2D eigenvalue weighted by atomic mass is 10.2. The van der Waals surface area contributed by atoms with Crippen molar-refractivity contribution in [3.05, 3.63) is 24.3 Å². The van der Waals surface area contributed by atoms with Crippen LogP contribution in [0.2, 0.25) is 0 Å². The Labute approximate surface area is 151 Å². The molecule has 0 aromatic heterocycles. The summed E-state index contributed by atoms with van der Waals surface area (Å²) >= 11 is 0. The fourth-order valence-electron chi connectivity index (χ4n) is 2.69. The van der Waals surface area contributed by atoms with Crippen LogP contribution in [0.4, 0.5) is 5.69 Å². The van der Waals surface area contributed by atoms with E-state index in [0.717, 1.165) is 56.4 Å². The first-order valence-corrected chi connectivity index (χ1v) is 9.20. The summed E-state index contributed by atoms with van der Waals surface area (Å²) in [6.45, 7) is 5.88. The van der Waals surface area contributed by atoms with E-state index in [9.17, 15) is 0 Å². The minimum atomic E-state index is 0.371. The van der Waals surface area contributed by atoms with Crippen LogP contribution < -0.4 is 15.4 Å². The van der Waals surface area contributed by atoms with Gasteiger partial charge in [-0.2, -0.15) is 0 Å². The molecular formula is C19H31N3O3. The van der Waals surface area contributed by atoms with Crippen LogP contribution in [0.1, 0.15) is 32.6 Å². The largest absolute Gasteiger partial charge is 0.493 e.